The molecule has 15 N–H and O–H groups in total. The molecule has 11 amide bonds. The minimum absolute atomic E-state index is 0.00257. The summed E-state index contributed by atoms with van der Waals surface area (Å²) in [6, 6.07) is 33.1. The summed E-state index contributed by atoms with van der Waals surface area (Å²) in [4.78, 5) is 217. The van der Waals surface area contributed by atoms with Crippen molar-refractivity contribution in [2.75, 3.05) is 52.4 Å². The number of unbranched alkanes of at least 4 members (excludes halogenated alkanes) is 1. The largest absolute Gasteiger partial charge is 0.458 e. The molecule has 7 aliphatic rings. The van der Waals surface area contributed by atoms with E-state index in [1.54, 1.807) is 115 Å². The summed E-state index contributed by atoms with van der Waals surface area (Å²) in [7, 11) is 0. The number of nitrogens with two attached hydrogens (primary N) is 3. The van der Waals surface area contributed by atoms with E-state index >= 15 is 13.6 Å². The predicted octanol–water partition coefficient (Wildman–Crippen LogP) is 6.02. The third kappa shape index (κ3) is 20.1. The first kappa shape index (κ1) is 101. The van der Waals surface area contributed by atoms with E-state index in [1.165, 1.54) is 37.1 Å². The molecule has 6 aromatic carbocycles. The summed E-state index contributed by atoms with van der Waals surface area (Å²) >= 11 is 0. The van der Waals surface area contributed by atoms with Crippen molar-refractivity contribution >= 4 is 99.1 Å². The lowest BCUT2D eigenvalue weighted by atomic mass is 9.80. The van der Waals surface area contributed by atoms with Crippen LogP contribution < -0.4 is 65.5 Å². The van der Waals surface area contributed by atoms with E-state index < -0.39 is 186 Å². The first-order chi connectivity index (χ1) is 68.3. The third-order valence-electron chi connectivity index (χ3n) is 27.5. The second-order valence-electron chi connectivity index (χ2n) is 37.6. The SMILES string of the molecule is CC[C@@]1(O)C(=O)OCc2c1cc1n(c2=O)Cc2c-1nc1cc(F)c(C)c3c1c2[C@@H](N(CC(=O)NC(=O)OC(C)(C)C)C(=O)[C@H](Cc1ccccc1)NC(=O)CNC(=O)CNC(=O)[C@H](CCCCN)NC(=O)OCC1c2ccccc2-c2ccccc21)CC3.CC[C@@]1(O)C(=O)OCc2c1cc1n(c2=O)Cc2c-1nc1cc(F)c(C)c3c1c2[C@@H](N(CC(N)=O)C(=O)[C@H](Cc1ccccc1)NC(=O)CNC(=O)CN)CC3. The fourth-order valence-electron chi connectivity index (χ4n) is 20.5. The number of alkyl carbamates (subject to hydrolysis) is 2. The van der Waals surface area contributed by atoms with Gasteiger partial charge in [-0.2, -0.15) is 0 Å². The van der Waals surface area contributed by atoms with Gasteiger partial charge >= 0.3 is 24.1 Å². The molecule has 4 aromatic heterocycles. The minimum Gasteiger partial charge on any atom is -0.458 e. The molecule has 0 unspecified atom stereocenters. The molecule has 7 atom stereocenters. The van der Waals surface area contributed by atoms with Crippen LogP contribution in [0.25, 0.3) is 55.7 Å². The van der Waals surface area contributed by atoms with Gasteiger partial charge in [0.15, 0.2) is 11.2 Å². The molecular formula is C104H110F2N16O21. The maximum absolute atomic E-state index is 16.0. The van der Waals surface area contributed by atoms with Crippen molar-refractivity contribution in [2.45, 2.75) is 198 Å². The van der Waals surface area contributed by atoms with E-state index in [9.17, 15) is 77.3 Å². The normalized spacial score (nSPS) is 17.4. The number of carbonyl (C=O) groups is 13. The van der Waals surface area contributed by atoms with Crippen LogP contribution in [0.15, 0.2) is 143 Å². The minimum atomic E-state index is -2.17. The summed E-state index contributed by atoms with van der Waals surface area (Å²) in [5, 5.41) is 41.8. The second-order valence-corrected chi connectivity index (χ2v) is 37.6. The fraction of sp³-hybridized carbons (Fsp3) is 0.375. The van der Waals surface area contributed by atoms with Gasteiger partial charge < -0.3 is 97.2 Å². The van der Waals surface area contributed by atoms with Gasteiger partial charge in [-0.05, 0) is 178 Å². The van der Waals surface area contributed by atoms with E-state index in [4.69, 9.17) is 46.1 Å². The number of aryl methyl sites for hydroxylation is 2. The van der Waals surface area contributed by atoms with Crippen molar-refractivity contribution < 1.29 is 100 Å². The molecule has 8 heterocycles. The van der Waals surface area contributed by atoms with Gasteiger partial charge in [0, 0.05) is 63.9 Å². The third-order valence-corrected chi connectivity index (χ3v) is 27.5. The number of benzene rings is 6. The standard InChI is InChI=1S/C65H70FN9O13.C39H40FN7O8/c1-6-65(85)45-27-51-57-42(31-74(51)59(80)44(45)34-86-61(65)82)56-50(24-23-37-35(2)46(66)28-48(71-57)55(37)56)75(32-54(78)73-63(84)88-64(3,4)5)60(81)49(26-36-16-8-7-9-17-36)70-53(77)30-68-52(76)29-69-58(79)47(22-14-15-25-67)72-62(83)87-33-43-40-20-12-10-18-38(40)39-19-11-13-21-41(39)43;1-3-39(54)24-12-29-35-22(16-46(29)36(51)23(24)18-55-38(39)53)34-28(10-9-21-19(2)25(40)13-26(45-35)33(21)34)47(17-30(42)48)37(52)27(11-20-7-5-4-6-8-20)44-32(50)15-43-31(49)14-41/h7-13,16-21,27-28,43,47,49-50,85H,6,14-15,22-26,29-34,67H2,1-5H3,(H,68,76)(H,69,79)(H,70,77)(H,72,83)(H,73,78,84);4-8,12-13,27-28,54H,3,9-11,14-18,41H2,1-2H3,(H2,42,48)(H,43,49)(H,44,50)/t47-,49-,50-,65-;27-,28-,39-/m00/s1. The number of esters is 2. The van der Waals surface area contributed by atoms with Crippen LogP contribution in [0.5, 0.6) is 0 Å². The average Bonchev–Trinajstić information content (AvgIpc) is 1.57. The van der Waals surface area contributed by atoms with Crippen LogP contribution in [0.4, 0.5) is 18.4 Å². The maximum Gasteiger partial charge on any atom is 0.414 e. The highest BCUT2D eigenvalue weighted by Crippen LogP contribution is 2.52. The van der Waals surface area contributed by atoms with Crippen molar-refractivity contribution in [3.63, 3.8) is 0 Å². The van der Waals surface area contributed by atoms with Gasteiger partial charge in [0.2, 0.25) is 53.2 Å². The fourth-order valence-corrected chi connectivity index (χ4v) is 20.5. The number of imide groups is 1. The lowest BCUT2D eigenvalue weighted by Crippen LogP contribution is -2.55. The highest BCUT2D eigenvalue weighted by atomic mass is 19.1. The van der Waals surface area contributed by atoms with Crippen LogP contribution in [0.3, 0.4) is 0 Å². The molecule has 0 saturated heterocycles. The van der Waals surface area contributed by atoms with Crippen molar-refractivity contribution in [1.29, 1.82) is 0 Å². The first-order valence-electron chi connectivity index (χ1n) is 47.4. The number of pyridine rings is 4. The lowest BCUT2D eigenvalue weighted by Gasteiger charge is -2.38. The van der Waals surface area contributed by atoms with Gasteiger partial charge in [-0.3, -0.25) is 58.1 Å². The van der Waals surface area contributed by atoms with Crippen LogP contribution in [0.2, 0.25) is 0 Å². The molecule has 0 spiro atoms. The number of nitrogens with one attached hydrogen (secondary N) is 7. The molecule has 17 rings (SSSR count). The number of rotatable bonds is 31. The van der Waals surface area contributed by atoms with Gasteiger partial charge in [-0.15, -0.1) is 0 Å². The summed E-state index contributed by atoms with van der Waals surface area (Å²) in [6.07, 6.45) is -0.310. The molecule has 143 heavy (non-hydrogen) atoms. The van der Waals surface area contributed by atoms with Crippen molar-refractivity contribution in [3.05, 3.63) is 255 Å². The van der Waals surface area contributed by atoms with Gasteiger partial charge in [0.05, 0.1) is 103 Å². The molecule has 3 aliphatic carbocycles. The monoisotopic (exact) mass is 1960 g/mol. The molecule has 746 valence electrons. The zero-order valence-electron chi connectivity index (χ0n) is 79.8. The van der Waals surface area contributed by atoms with Crippen molar-refractivity contribution in [3.8, 4) is 33.9 Å². The number of cyclic esters (lactones) is 2. The topological polar surface area (TPSA) is 538 Å². The Morgan fingerprint density at radius 1 is 0.545 bits per heavy atom. The predicted molar refractivity (Wildman–Crippen MR) is 515 cm³/mol. The maximum atomic E-state index is 16.0. The number of aromatic nitrogens is 4. The average molecular weight is 1960 g/mol. The van der Waals surface area contributed by atoms with Crippen LogP contribution >= 0.6 is 0 Å². The molecule has 4 aliphatic heterocycles. The Bertz CT molecular complexity index is 6980. The lowest BCUT2D eigenvalue weighted by molar-refractivity contribution is -0.172. The summed E-state index contributed by atoms with van der Waals surface area (Å²) < 4.78 is 56.0. The highest BCUT2D eigenvalue weighted by Gasteiger charge is 2.50. The number of aliphatic hydroxyl groups is 2. The number of ether oxygens (including phenoxy) is 4. The molecular weight excluding hydrogens is 1850 g/mol. The number of primary amides is 1. The molecule has 37 nitrogen and oxygen atoms in total. The summed E-state index contributed by atoms with van der Waals surface area (Å²) in [5.41, 5.74) is 21.5. The zero-order valence-corrected chi connectivity index (χ0v) is 79.8. The van der Waals surface area contributed by atoms with Crippen molar-refractivity contribution in [1.82, 2.24) is 66.1 Å². The summed E-state index contributed by atoms with van der Waals surface area (Å²) in [5.74, 6) is -9.92. The molecule has 0 bridgehead atoms. The number of halogens is 2. The molecule has 0 radical (unpaired) electrons. The Morgan fingerprint density at radius 3 is 1.44 bits per heavy atom. The summed E-state index contributed by atoms with van der Waals surface area (Å²) in [6.45, 7) is 7.24. The number of hydrogen-bond donors (Lipinski definition) is 12. The van der Waals surface area contributed by atoms with Crippen LogP contribution in [-0.2, 0) is 135 Å². The number of amides is 11. The number of fused-ring (bicyclic) bond motifs is 13. The molecule has 10 aromatic rings. The molecule has 0 fully saturated rings. The smallest absolute Gasteiger partial charge is 0.414 e. The Hall–Kier alpha value is -15.4. The molecule has 0 saturated carbocycles. The van der Waals surface area contributed by atoms with E-state index in [0.717, 1.165) is 22.3 Å². The quantitative estimate of drug-likeness (QED) is 0.0134. The van der Waals surface area contributed by atoms with Crippen LogP contribution in [-0.4, -0.2) is 193 Å². The van der Waals surface area contributed by atoms with Gasteiger partial charge in [-0.1, -0.05) is 123 Å². The molecule has 39 heteroatoms. The Kier molecular flexibility index (Phi) is 29.2. The zero-order chi connectivity index (χ0) is 102. The van der Waals surface area contributed by atoms with Crippen LogP contribution in [0, 0.1) is 25.5 Å². The number of nitrogens with zero attached hydrogens (tertiary/aromatic N) is 6. The van der Waals surface area contributed by atoms with Crippen molar-refractivity contribution in [2.24, 2.45) is 17.2 Å². The van der Waals surface area contributed by atoms with Gasteiger partial charge in [0.25, 0.3) is 11.1 Å². The number of hydrogen-bond acceptors (Lipinski definition) is 25. The Labute approximate surface area is 818 Å². The first-order valence-corrected chi connectivity index (χ1v) is 47.4. The van der Waals surface area contributed by atoms with Crippen LogP contribution in [0.1, 0.15) is 187 Å². The second kappa shape index (κ2) is 41.4. The van der Waals surface area contributed by atoms with E-state index in [1.807, 2.05) is 48.5 Å². The van der Waals surface area contributed by atoms with E-state index in [2.05, 4.69) is 37.2 Å². The van der Waals surface area contributed by atoms with E-state index in [0.29, 0.717) is 92.2 Å². The Balaban J connectivity index is 0.000000228. The Morgan fingerprint density at radius 2 is 0.993 bits per heavy atom. The van der Waals surface area contributed by atoms with E-state index in [-0.39, 0.29) is 146 Å². The highest BCUT2D eigenvalue weighted by molar-refractivity contribution is 6.01. The van der Waals surface area contributed by atoms with Gasteiger partial charge in [-0.25, -0.2) is 37.9 Å². The van der Waals surface area contributed by atoms with Gasteiger partial charge in [0.1, 0.15) is 61.7 Å². The number of carbonyl (C=O) groups excluding carboxylic acids is 13.